The van der Waals surface area contributed by atoms with Crippen molar-refractivity contribution in [3.63, 3.8) is 0 Å². The van der Waals surface area contributed by atoms with Crippen LogP contribution in [-0.4, -0.2) is 34.6 Å². The van der Waals surface area contributed by atoms with Crippen LogP contribution < -0.4 is 11.1 Å². The van der Waals surface area contributed by atoms with Gasteiger partial charge in [-0.1, -0.05) is 0 Å². The topological polar surface area (TPSA) is 88.2 Å². The summed E-state index contributed by atoms with van der Waals surface area (Å²) in [6.07, 6.45) is 1.99. The number of anilines is 2. The number of nitrogen functional groups attached to an aromatic ring is 1. The molecule has 1 aromatic rings. The van der Waals surface area contributed by atoms with Gasteiger partial charge >= 0.3 is 5.97 Å². The van der Waals surface area contributed by atoms with Gasteiger partial charge in [0.25, 0.3) is 0 Å². The Labute approximate surface area is 92.1 Å². The third kappa shape index (κ3) is 3.32. The summed E-state index contributed by atoms with van der Waals surface area (Å²) in [6.45, 7) is 0.710. The molecule has 5 nitrogen and oxygen atoms in total. The highest BCUT2D eigenvalue weighted by Crippen LogP contribution is 2.15. The Morgan fingerprint density at radius 1 is 1.67 bits per heavy atom. The number of aromatic carboxylic acids is 1. The van der Waals surface area contributed by atoms with Crippen molar-refractivity contribution in [1.82, 2.24) is 4.98 Å². The minimum absolute atomic E-state index is 0.00384. The molecule has 0 bridgehead atoms. The maximum atomic E-state index is 10.7. The first-order valence-electron chi connectivity index (χ1n) is 4.37. The van der Waals surface area contributed by atoms with E-state index in [0.29, 0.717) is 18.1 Å². The molecule has 1 rings (SSSR count). The number of carbonyl (C=O) groups is 1. The molecular weight excluding hydrogens is 214 g/mol. The Bertz CT molecular complexity index is 357. The van der Waals surface area contributed by atoms with Crippen LogP contribution in [0.3, 0.4) is 0 Å². The Balaban J connectivity index is 2.76. The molecule has 0 aliphatic rings. The molecule has 0 aromatic carbocycles. The average Bonchev–Trinajstić information content (AvgIpc) is 2.20. The van der Waals surface area contributed by atoms with Crippen LogP contribution in [-0.2, 0) is 0 Å². The van der Waals surface area contributed by atoms with Gasteiger partial charge in [0.2, 0.25) is 0 Å². The van der Waals surface area contributed by atoms with E-state index in [0.717, 1.165) is 5.75 Å². The molecule has 15 heavy (non-hydrogen) atoms. The van der Waals surface area contributed by atoms with Crippen molar-refractivity contribution in [2.75, 3.05) is 29.6 Å². The lowest BCUT2D eigenvalue weighted by molar-refractivity contribution is 0.0690. The van der Waals surface area contributed by atoms with Gasteiger partial charge in [0.05, 0.1) is 5.69 Å². The highest BCUT2D eigenvalue weighted by molar-refractivity contribution is 7.98. The van der Waals surface area contributed by atoms with Gasteiger partial charge < -0.3 is 16.2 Å². The second kappa shape index (κ2) is 5.45. The van der Waals surface area contributed by atoms with Crippen LogP contribution in [0.5, 0.6) is 0 Å². The van der Waals surface area contributed by atoms with Gasteiger partial charge in [-0.3, -0.25) is 0 Å². The van der Waals surface area contributed by atoms with E-state index in [9.17, 15) is 4.79 Å². The second-order valence-electron chi connectivity index (χ2n) is 2.86. The highest BCUT2D eigenvalue weighted by atomic mass is 32.2. The van der Waals surface area contributed by atoms with E-state index in [1.165, 1.54) is 12.1 Å². The quantitative estimate of drug-likeness (QED) is 0.654. The van der Waals surface area contributed by atoms with E-state index in [2.05, 4.69) is 10.3 Å². The first kappa shape index (κ1) is 11.6. The number of nitrogens with two attached hydrogens (primary N) is 1. The van der Waals surface area contributed by atoms with Gasteiger partial charge in [-0.15, -0.1) is 0 Å². The first-order chi connectivity index (χ1) is 7.15. The van der Waals surface area contributed by atoms with Crippen molar-refractivity contribution >= 4 is 29.2 Å². The van der Waals surface area contributed by atoms with E-state index >= 15 is 0 Å². The molecule has 82 valence electrons. The summed E-state index contributed by atoms with van der Waals surface area (Å²) in [5.41, 5.74) is 6.10. The molecule has 4 N–H and O–H groups in total. The van der Waals surface area contributed by atoms with Crippen LogP contribution >= 0.6 is 11.8 Å². The standard InChI is InChI=1S/C9H13N3O2S/c1-15-5-4-11-8-6(10)2-3-7(12-8)9(13)14/h2-3H,4-5,10H2,1H3,(H,11,12)(H,13,14). The van der Waals surface area contributed by atoms with Crippen molar-refractivity contribution in [2.24, 2.45) is 0 Å². The fourth-order valence-electron chi connectivity index (χ4n) is 1.00. The molecule has 1 aromatic heterocycles. The summed E-state index contributed by atoms with van der Waals surface area (Å²) in [4.78, 5) is 14.6. The number of aromatic nitrogens is 1. The third-order valence-electron chi connectivity index (χ3n) is 1.74. The van der Waals surface area contributed by atoms with Crippen molar-refractivity contribution in [1.29, 1.82) is 0 Å². The zero-order valence-electron chi connectivity index (χ0n) is 8.36. The zero-order valence-corrected chi connectivity index (χ0v) is 9.17. The van der Waals surface area contributed by atoms with E-state index in [-0.39, 0.29) is 5.69 Å². The van der Waals surface area contributed by atoms with Crippen LogP contribution in [0.2, 0.25) is 0 Å². The molecule has 0 aliphatic heterocycles. The highest BCUT2D eigenvalue weighted by Gasteiger charge is 2.07. The summed E-state index contributed by atoms with van der Waals surface area (Å²) >= 11 is 1.69. The van der Waals surface area contributed by atoms with Gasteiger partial charge in [0, 0.05) is 12.3 Å². The average molecular weight is 227 g/mol. The molecule has 0 unspecified atom stereocenters. The predicted molar refractivity (Wildman–Crippen MR) is 62.5 cm³/mol. The molecule has 0 atom stereocenters. The molecule has 0 fully saturated rings. The van der Waals surface area contributed by atoms with Crippen molar-refractivity contribution < 1.29 is 9.90 Å². The van der Waals surface area contributed by atoms with Gasteiger partial charge in [-0.05, 0) is 18.4 Å². The van der Waals surface area contributed by atoms with Crippen LogP contribution in [0.1, 0.15) is 10.5 Å². The fraction of sp³-hybridized carbons (Fsp3) is 0.333. The zero-order chi connectivity index (χ0) is 11.3. The number of hydrogen-bond acceptors (Lipinski definition) is 5. The van der Waals surface area contributed by atoms with Crippen LogP contribution in [0.15, 0.2) is 12.1 Å². The summed E-state index contributed by atoms with van der Waals surface area (Å²) in [5.74, 6) is 0.296. The summed E-state index contributed by atoms with van der Waals surface area (Å²) in [5, 5.41) is 11.7. The monoisotopic (exact) mass is 227 g/mol. The maximum absolute atomic E-state index is 10.7. The number of carboxylic acid groups (broad SMARTS) is 1. The lowest BCUT2D eigenvalue weighted by Gasteiger charge is -2.07. The number of carboxylic acids is 1. The van der Waals surface area contributed by atoms with Crippen molar-refractivity contribution in [2.45, 2.75) is 0 Å². The van der Waals surface area contributed by atoms with E-state index in [1.807, 2.05) is 6.26 Å². The molecule has 6 heteroatoms. The van der Waals surface area contributed by atoms with Crippen LogP contribution in [0, 0.1) is 0 Å². The largest absolute Gasteiger partial charge is 0.477 e. The number of rotatable bonds is 5. The Kier molecular flexibility index (Phi) is 4.23. The number of hydrogen-bond donors (Lipinski definition) is 3. The number of pyridine rings is 1. The van der Waals surface area contributed by atoms with E-state index in [1.54, 1.807) is 11.8 Å². The maximum Gasteiger partial charge on any atom is 0.354 e. The Morgan fingerprint density at radius 3 is 3.00 bits per heavy atom. The Morgan fingerprint density at radius 2 is 2.40 bits per heavy atom. The molecular formula is C9H13N3O2S. The first-order valence-corrected chi connectivity index (χ1v) is 5.77. The van der Waals surface area contributed by atoms with Gasteiger partial charge in [-0.25, -0.2) is 9.78 Å². The van der Waals surface area contributed by atoms with E-state index in [4.69, 9.17) is 10.8 Å². The Hall–Kier alpha value is -1.43. The molecule has 0 saturated carbocycles. The van der Waals surface area contributed by atoms with Crippen molar-refractivity contribution in [3.8, 4) is 0 Å². The van der Waals surface area contributed by atoms with Crippen LogP contribution in [0.4, 0.5) is 11.5 Å². The van der Waals surface area contributed by atoms with Gasteiger partial charge in [-0.2, -0.15) is 11.8 Å². The number of thioether (sulfide) groups is 1. The summed E-state index contributed by atoms with van der Waals surface area (Å²) in [6, 6.07) is 2.93. The minimum atomic E-state index is -1.05. The lowest BCUT2D eigenvalue weighted by atomic mass is 10.3. The SMILES string of the molecule is CSCCNc1nc(C(=O)O)ccc1N. The van der Waals surface area contributed by atoms with Gasteiger partial charge in [0.1, 0.15) is 5.82 Å². The molecule has 0 saturated heterocycles. The molecule has 0 spiro atoms. The second-order valence-corrected chi connectivity index (χ2v) is 3.84. The van der Waals surface area contributed by atoms with Crippen LogP contribution in [0.25, 0.3) is 0 Å². The fourth-order valence-corrected chi connectivity index (χ4v) is 1.31. The summed E-state index contributed by atoms with van der Waals surface area (Å²) < 4.78 is 0. The third-order valence-corrected chi connectivity index (χ3v) is 2.36. The number of nitrogens with one attached hydrogen (secondary N) is 1. The van der Waals surface area contributed by atoms with E-state index < -0.39 is 5.97 Å². The molecule has 0 radical (unpaired) electrons. The molecule has 1 heterocycles. The normalized spacial score (nSPS) is 9.93. The molecule has 0 amide bonds. The minimum Gasteiger partial charge on any atom is -0.477 e. The predicted octanol–water partition coefficient (Wildman–Crippen LogP) is 1.14. The smallest absolute Gasteiger partial charge is 0.354 e. The summed E-state index contributed by atoms with van der Waals surface area (Å²) in [7, 11) is 0. The lowest BCUT2D eigenvalue weighted by Crippen LogP contribution is -2.10. The van der Waals surface area contributed by atoms with Crippen molar-refractivity contribution in [3.05, 3.63) is 17.8 Å². The molecule has 0 aliphatic carbocycles. The van der Waals surface area contributed by atoms with Gasteiger partial charge in [0.15, 0.2) is 5.69 Å². The number of nitrogens with zero attached hydrogens (tertiary/aromatic N) is 1.